The Labute approximate surface area is 122 Å². The van der Waals surface area contributed by atoms with Crippen molar-refractivity contribution in [3.8, 4) is 0 Å². The van der Waals surface area contributed by atoms with Gasteiger partial charge in [-0.1, -0.05) is 55.9 Å². The van der Waals surface area contributed by atoms with Crippen molar-refractivity contribution in [2.24, 2.45) is 0 Å². The summed E-state index contributed by atoms with van der Waals surface area (Å²) in [6.45, 7) is 4.95. The lowest BCUT2D eigenvalue weighted by atomic mass is 10.1. The van der Waals surface area contributed by atoms with Gasteiger partial charge in [0.05, 0.1) is 5.75 Å². The molecule has 0 aliphatic carbocycles. The number of hydrogen-bond donors (Lipinski definition) is 1. The number of benzene rings is 1. The maximum absolute atomic E-state index is 10.7. The fourth-order valence-corrected chi connectivity index (χ4v) is 2.70. The molecule has 1 aromatic carbocycles. The van der Waals surface area contributed by atoms with Crippen LogP contribution in [0.4, 0.5) is 0 Å². The van der Waals surface area contributed by atoms with E-state index in [-0.39, 0.29) is 5.75 Å². The third-order valence-corrected chi connectivity index (χ3v) is 3.92. The first-order valence-electron chi connectivity index (χ1n) is 6.52. The molecular formula is C15H18N2O2S. The summed E-state index contributed by atoms with van der Waals surface area (Å²) in [7, 11) is 0. The highest BCUT2D eigenvalue weighted by atomic mass is 32.2. The molecule has 0 unspecified atom stereocenters. The van der Waals surface area contributed by atoms with Crippen molar-refractivity contribution < 1.29 is 9.90 Å². The minimum atomic E-state index is -0.824. The molecule has 2 aromatic rings. The Morgan fingerprint density at radius 1 is 1.35 bits per heavy atom. The van der Waals surface area contributed by atoms with Crippen molar-refractivity contribution in [3.63, 3.8) is 0 Å². The summed E-state index contributed by atoms with van der Waals surface area (Å²) in [5, 5.41) is 9.58. The summed E-state index contributed by atoms with van der Waals surface area (Å²) < 4.78 is 2.10. The summed E-state index contributed by atoms with van der Waals surface area (Å²) in [6.07, 6.45) is 1.85. The number of rotatable bonds is 6. The molecule has 0 spiro atoms. The average Bonchev–Trinajstić information content (AvgIpc) is 2.80. The van der Waals surface area contributed by atoms with Crippen LogP contribution in [0.5, 0.6) is 0 Å². The van der Waals surface area contributed by atoms with Crippen LogP contribution in [0.25, 0.3) is 0 Å². The Morgan fingerprint density at radius 3 is 2.65 bits per heavy atom. The van der Waals surface area contributed by atoms with Crippen LogP contribution in [0.3, 0.4) is 0 Å². The summed E-state index contributed by atoms with van der Waals surface area (Å²) in [4.78, 5) is 15.1. The topological polar surface area (TPSA) is 55.1 Å². The van der Waals surface area contributed by atoms with E-state index in [1.165, 1.54) is 17.3 Å². The second kappa shape index (κ2) is 6.61. The first kappa shape index (κ1) is 14.7. The van der Waals surface area contributed by atoms with E-state index in [1.54, 1.807) is 0 Å². The van der Waals surface area contributed by atoms with Gasteiger partial charge >= 0.3 is 5.97 Å². The van der Waals surface area contributed by atoms with Gasteiger partial charge in [0.2, 0.25) is 0 Å². The molecule has 0 saturated carbocycles. The summed E-state index contributed by atoms with van der Waals surface area (Å²) in [5.41, 5.74) is 2.31. The zero-order valence-corrected chi connectivity index (χ0v) is 12.4. The number of imidazole rings is 1. The number of hydrogen-bond acceptors (Lipinski definition) is 3. The van der Waals surface area contributed by atoms with Crippen LogP contribution in [0, 0.1) is 0 Å². The molecule has 0 amide bonds. The molecule has 0 atom stereocenters. The SMILES string of the molecule is CC(C)c1cnc(SCC(=O)O)n1Cc1ccccc1. The van der Waals surface area contributed by atoms with Crippen molar-refractivity contribution in [1.29, 1.82) is 0 Å². The third kappa shape index (κ3) is 3.63. The molecule has 106 valence electrons. The second-order valence-electron chi connectivity index (χ2n) is 4.87. The van der Waals surface area contributed by atoms with Crippen LogP contribution < -0.4 is 0 Å². The summed E-state index contributed by atoms with van der Waals surface area (Å²) >= 11 is 1.26. The van der Waals surface area contributed by atoms with Gasteiger partial charge in [0.25, 0.3) is 0 Å². The maximum Gasteiger partial charge on any atom is 0.313 e. The van der Waals surface area contributed by atoms with Crippen LogP contribution in [0.1, 0.15) is 31.0 Å². The highest BCUT2D eigenvalue weighted by Crippen LogP contribution is 2.24. The highest BCUT2D eigenvalue weighted by Gasteiger charge is 2.14. The Kier molecular flexibility index (Phi) is 4.84. The number of thioether (sulfide) groups is 1. The number of carbonyl (C=O) groups is 1. The Bertz CT molecular complexity index is 579. The third-order valence-electron chi connectivity index (χ3n) is 2.95. The van der Waals surface area contributed by atoms with Crippen molar-refractivity contribution in [1.82, 2.24) is 9.55 Å². The first-order valence-corrected chi connectivity index (χ1v) is 7.50. The van der Waals surface area contributed by atoms with E-state index >= 15 is 0 Å². The van der Waals surface area contributed by atoms with E-state index in [9.17, 15) is 4.79 Å². The van der Waals surface area contributed by atoms with Crippen LogP contribution >= 0.6 is 11.8 Å². The maximum atomic E-state index is 10.7. The number of nitrogens with zero attached hydrogens (tertiary/aromatic N) is 2. The van der Waals surface area contributed by atoms with Gasteiger partial charge in [-0.05, 0) is 11.5 Å². The summed E-state index contributed by atoms with van der Waals surface area (Å²) in [5.74, 6) is -0.440. The van der Waals surface area contributed by atoms with Gasteiger partial charge in [-0.3, -0.25) is 4.79 Å². The molecule has 0 aliphatic rings. The van der Waals surface area contributed by atoms with Crippen molar-refractivity contribution in [2.45, 2.75) is 31.5 Å². The fourth-order valence-electron chi connectivity index (χ4n) is 2.00. The highest BCUT2D eigenvalue weighted by molar-refractivity contribution is 7.99. The van der Waals surface area contributed by atoms with Gasteiger partial charge in [0, 0.05) is 18.4 Å². The molecule has 1 heterocycles. The molecule has 1 aromatic heterocycles. The fraction of sp³-hybridized carbons (Fsp3) is 0.333. The zero-order valence-electron chi connectivity index (χ0n) is 11.6. The largest absolute Gasteiger partial charge is 0.481 e. The lowest BCUT2D eigenvalue weighted by Gasteiger charge is -2.13. The number of aliphatic carboxylic acids is 1. The van der Waals surface area contributed by atoms with Crippen molar-refractivity contribution >= 4 is 17.7 Å². The first-order chi connectivity index (χ1) is 9.58. The molecule has 4 nitrogen and oxygen atoms in total. The second-order valence-corrected chi connectivity index (χ2v) is 5.82. The quantitative estimate of drug-likeness (QED) is 0.830. The van der Waals surface area contributed by atoms with Gasteiger partial charge < -0.3 is 9.67 Å². The van der Waals surface area contributed by atoms with Crippen molar-refractivity contribution in [3.05, 3.63) is 47.8 Å². The lowest BCUT2D eigenvalue weighted by molar-refractivity contribution is -0.133. The standard InChI is InChI=1S/C15H18N2O2S/c1-11(2)13-8-16-15(20-10-14(18)19)17(13)9-12-6-4-3-5-7-12/h3-8,11H,9-10H2,1-2H3,(H,18,19). The molecule has 20 heavy (non-hydrogen) atoms. The van der Waals surface area contributed by atoms with Crippen LogP contribution in [0.2, 0.25) is 0 Å². The van der Waals surface area contributed by atoms with E-state index in [0.717, 1.165) is 17.4 Å². The van der Waals surface area contributed by atoms with Gasteiger partial charge in [0.15, 0.2) is 5.16 Å². The van der Waals surface area contributed by atoms with Crippen LogP contribution in [-0.4, -0.2) is 26.4 Å². The predicted octanol–water partition coefficient (Wildman–Crippen LogP) is 3.23. The van der Waals surface area contributed by atoms with E-state index in [2.05, 4.69) is 35.5 Å². The molecule has 0 fully saturated rings. The van der Waals surface area contributed by atoms with Gasteiger partial charge in [-0.2, -0.15) is 0 Å². The molecule has 1 N–H and O–H groups in total. The minimum absolute atomic E-state index is 0.0311. The minimum Gasteiger partial charge on any atom is -0.481 e. The lowest BCUT2D eigenvalue weighted by Crippen LogP contribution is -2.08. The van der Waals surface area contributed by atoms with E-state index in [1.807, 2.05) is 24.4 Å². The molecular weight excluding hydrogens is 272 g/mol. The zero-order chi connectivity index (χ0) is 14.5. The van der Waals surface area contributed by atoms with E-state index < -0.39 is 5.97 Å². The molecule has 0 radical (unpaired) electrons. The Balaban J connectivity index is 2.27. The average molecular weight is 290 g/mol. The van der Waals surface area contributed by atoms with E-state index in [0.29, 0.717) is 5.92 Å². The number of carboxylic acids is 1. The molecule has 5 heteroatoms. The molecule has 0 saturated heterocycles. The number of aromatic nitrogens is 2. The van der Waals surface area contributed by atoms with Crippen LogP contribution in [0.15, 0.2) is 41.7 Å². The van der Waals surface area contributed by atoms with Crippen LogP contribution in [-0.2, 0) is 11.3 Å². The van der Waals surface area contributed by atoms with Crippen molar-refractivity contribution in [2.75, 3.05) is 5.75 Å². The Morgan fingerprint density at radius 2 is 2.05 bits per heavy atom. The Hall–Kier alpha value is -1.75. The predicted molar refractivity (Wildman–Crippen MR) is 80.2 cm³/mol. The molecule has 0 bridgehead atoms. The summed E-state index contributed by atoms with van der Waals surface area (Å²) in [6, 6.07) is 10.1. The van der Waals surface area contributed by atoms with E-state index in [4.69, 9.17) is 5.11 Å². The normalized spacial score (nSPS) is 10.9. The smallest absolute Gasteiger partial charge is 0.313 e. The number of carboxylic acid groups (broad SMARTS) is 1. The van der Waals surface area contributed by atoms with Gasteiger partial charge in [0.1, 0.15) is 0 Å². The van der Waals surface area contributed by atoms with Gasteiger partial charge in [-0.15, -0.1) is 0 Å². The molecule has 2 rings (SSSR count). The van der Waals surface area contributed by atoms with Gasteiger partial charge in [-0.25, -0.2) is 4.98 Å². The molecule has 0 aliphatic heterocycles. The monoisotopic (exact) mass is 290 g/mol.